The highest BCUT2D eigenvalue weighted by atomic mass is 16.2. The highest BCUT2D eigenvalue weighted by Gasteiger charge is 2.08. The molecule has 1 aromatic heterocycles. The average Bonchev–Trinajstić information content (AvgIpc) is 3.10. The number of aromatic amines is 1. The van der Waals surface area contributed by atoms with Crippen molar-refractivity contribution in [3.8, 4) is 6.07 Å². The summed E-state index contributed by atoms with van der Waals surface area (Å²) < 4.78 is 0. The van der Waals surface area contributed by atoms with Gasteiger partial charge in [0.15, 0.2) is 11.5 Å². The minimum atomic E-state index is -0.334. The first kappa shape index (κ1) is 18.5. The van der Waals surface area contributed by atoms with Gasteiger partial charge >= 0.3 is 0 Å². The van der Waals surface area contributed by atoms with E-state index >= 15 is 0 Å². The van der Waals surface area contributed by atoms with Gasteiger partial charge in [0, 0.05) is 12.7 Å². The van der Waals surface area contributed by atoms with Crippen molar-refractivity contribution in [3.05, 3.63) is 65.3 Å². The Hall–Kier alpha value is -2.87. The number of carbonyl (C=O) groups excluding carboxylic acids is 1. The number of rotatable bonds is 7. The van der Waals surface area contributed by atoms with Crippen LogP contribution in [0.1, 0.15) is 55.3 Å². The topological polar surface area (TPSA) is 81.6 Å². The summed E-state index contributed by atoms with van der Waals surface area (Å²) in [6.07, 6.45) is 15.7. The second-order valence-electron chi connectivity index (χ2n) is 6.11. The maximum atomic E-state index is 11.9. The van der Waals surface area contributed by atoms with Crippen LogP contribution in [0.15, 0.2) is 53.8 Å². The van der Waals surface area contributed by atoms with E-state index in [0.29, 0.717) is 6.54 Å². The highest BCUT2D eigenvalue weighted by molar-refractivity contribution is 5.90. The van der Waals surface area contributed by atoms with Crippen molar-refractivity contribution < 1.29 is 4.79 Å². The van der Waals surface area contributed by atoms with Crippen molar-refractivity contribution in [2.24, 2.45) is 0 Å². The lowest BCUT2D eigenvalue weighted by atomic mass is 9.95. The first-order valence-corrected chi connectivity index (χ1v) is 8.54. The number of nitrogens with one attached hydrogen (secondary N) is 2. The van der Waals surface area contributed by atoms with Gasteiger partial charge in [-0.15, -0.1) is 0 Å². The lowest BCUT2D eigenvalue weighted by Crippen LogP contribution is -2.24. The predicted octanol–water partition coefficient (Wildman–Crippen LogP) is 3.96. The summed E-state index contributed by atoms with van der Waals surface area (Å²) in [5.41, 5.74) is 3.79. The number of allylic oxidation sites excluding steroid dienone is 6. The van der Waals surface area contributed by atoms with Gasteiger partial charge in [-0.2, -0.15) is 5.26 Å². The molecular weight excluding hydrogens is 312 g/mol. The molecule has 5 nitrogen and oxygen atoms in total. The number of nitriles is 1. The van der Waals surface area contributed by atoms with Gasteiger partial charge in [0.25, 0.3) is 5.91 Å². The van der Waals surface area contributed by atoms with Crippen molar-refractivity contribution in [2.75, 3.05) is 6.54 Å². The number of amides is 1. The Morgan fingerprint density at radius 1 is 1.52 bits per heavy atom. The van der Waals surface area contributed by atoms with Crippen LogP contribution in [-0.4, -0.2) is 22.4 Å². The molecule has 0 fully saturated rings. The Kier molecular flexibility index (Phi) is 6.97. The molecule has 2 N–H and O–H groups in total. The molecular formula is C20H24N4O. The van der Waals surface area contributed by atoms with Crippen LogP contribution in [0, 0.1) is 11.3 Å². The molecule has 0 bridgehead atoms. The number of hydrogen-bond acceptors (Lipinski definition) is 3. The third-order valence-electron chi connectivity index (χ3n) is 4.05. The van der Waals surface area contributed by atoms with Crippen LogP contribution in [0.3, 0.4) is 0 Å². The summed E-state index contributed by atoms with van der Waals surface area (Å²) in [6, 6.07) is 1.88. The van der Waals surface area contributed by atoms with Gasteiger partial charge in [-0.05, 0) is 44.6 Å². The normalized spacial score (nSPS) is 14.9. The van der Waals surface area contributed by atoms with Gasteiger partial charge in [-0.25, -0.2) is 4.98 Å². The zero-order valence-electron chi connectivity index (χ0n) is 14.6. The molecule has 0 aliphatic heterocycles. The van der Waals surface area contributed by atoms with Crippen LogP contribution in [-0.2, 0) is 0 Å². The Balaban J connectivity index is 1.86. The number of aromatic nitrogens is 2. The van der Waals surface area contributed by atoms with E-state index < -0.39 is 0 Å². The highest BCUT2D eigenvalue weighted by Crippen LogP contribution is 2.22. The van der Waals surface area contributed by atoms with E-state index in [4.69, 9.17) is 5.26 Å². The summed E-state index contributed by atoms with van der Waals surface area (Å²) in [4.78, 5) is 18.4. The molecule has 1 aliphatic rings. The number of hydrogen-bond donors (Lipinski definition) is 2. The van der Waals surface area contributed by atoms with Gasteiger partial charge in [-0.3, -0.25) is 4.79 Å². The van der Waals surface area contributed by atoms with Crippen LogP contribution < -0.4 is 5.32 Å². The minimum absolute atomic E-state index is 0.143. The average molecular weight is 336 g/mol. The zero-order valence-corrected chi connectivity index (χ0v) is 14.6. The molecule has 1 aliphatic carbocycles. The van der Waals surface area contributed by atoms with Crippen LogP contribution >= 0.6 is 0 Å². The molecule has 1 amide bonds. The maximum Gasteiger partial charge on any atom is 0.287 e. The third-order valence-corrected chi connectivity index (χ3v) is 4.05. The minimum Gasteiger partial charge on any atom is -0.346 e. The summed E-state index contributed by atoms with van der Waals surface area (Å²) in [5.74, 6) is -0.191. The number of carbonyl (C=O) groups is 1. The fourth-order valence-electron chi connectivity index (χ4n) is 2.63. The summed E-state index contributed by atoms with van der Waals surface area (Å²) in [5, 5.41) is 11.4. The van der Waals surface area contributed by atoms with E-state index in [-0.39, 0.29) is 17.4 Å². The van der Waals surface area contributed by atoms with Crippen LogP contribution in [0.5, 0.6) is 0 Å². The van der Waals surface area contributed by atoms with E-state index in [2.05, 4.69) is 34.0 Å². The Morgan fingerprint density at radius 3 is 3.00 bits per heavy atom. The fraction of sp³-hybridized carbons (Fsp3) is 0.350. The summed E-state index contributed by atoms with van der Waals surface area (Å²) in [6.45, 7) is 6.39. The first-order chi connectivity index (χ1) is 12.1. The molecule has 2 rings (SSSR count). The van der Waals surface area contributed by atoms with Crippen molar-refractivity contribution >= 4 is 5.91 Å². The molecule has 0 saturated heterocycles. The van der Waals surface area contributed by atoms with Crippen molar-refractivity contribution in [2.45, 2.75) is 39.0 Å². The monoisotopic (exact) mass is 336 g/mol. The van der Waals surface area contributed by atoms with Gasteiger partial charge in [0.1, 0.15) is 6.07 Å². The molecule has 0 atom stereocenters. The molecule has 0 unspecified atom stereocenters. The van der Waals surface area contributed by atoms with Crippen LogP contribution in [0.4, 0.5) is 0 Å². The molecule has 1 aromatic rings. The number of imidazole rings is 1. The van der Waals surface area contributed by atoms with E-state index in [1.807, 2.05) is 25.1 Å². The second kappa shape index (κ2) is 9.43. The van der Waals surface area contributed by atoms with Gasteiger partial charge in [-0.1, -0.05) is 42.0 Å². The quantitative estimate of drug-likeness (QED) is 0.584. The Bertz CT molecular complexity index is 759. The number of H-pyrrole nitrogens is 1. The zero-order chi connectivity index (χ0) is 18.1. The molecule has 0 spiro atoms. The maximum absolute atomic E-state index is 11.9. The van der Waals surface area contributed by atoms with Gasteiger partial charge < -0.3 is 10.3 Å². The molecule has 5 heteroatoms. The third kappa shape index (κ3) is 5.92. The fourth-order valence-corrected chi connectivity index (χ4v) is 2.63. The Labute approximate surface area is 148 Å². The number of nitrogens with zero attached hydrogens (tertiary/aromatic N) is 2. The summed E-state index contributed by atoms with van der Waals surface area (Å²) in [7, 11) is 0. The van der Waals surface area contributed by atoms with E-state index in [1.54, 1.807) is 0 Å². The van der Waals surface area contributed by atoms with E-state index in [9.17, 15) is 4.79 Å². The standard InChI is InChI=1S/C20H24N4O/c1-15(2)17(11-10-16-7-4-3-5-8-16)9-6-12-22-20(25)19-23-14-18(13-21)24-19/h6-7,9,11,14H,1,3-5,8,10,12H2,2H3,(H,22,25)(H,23,24)/b9-6-,17-11+. The smallest absolute Gasteiger partial charge is 0.287 e. The predicted molar refractivity (Wildman–Crippen MR) is 98.8 cm³/mol. The first-order valence-electron chi connectivity index (χ1n) is 8.54. The lowest BCUT2D eigenvalue weighted by molar-refractivity contribution is 0.0948. The van der Waals surface area contributed by atoms with Crippen molar-refractivity contribution in [1.82, 2.24) is 15.3 Å². The van der Waals surface area contributed by atoms with Crippen molar-refractivity contribution in [3.63, 3.8) is 0 Å². The molecule has 1 heterocycles. The summed E-state index contributed by atoms with van der Waals surface area (Å²) >= 11 is 0. The second-order valence-corrected chi connectivity index (χ2v) is 6.11. The molecule has 0 aromatic carbocycles. The lowest BCUT2D eigenvalue weighted by Gasteiger charge is -2.11. The van der Waals surface area contributed by atoms with Gasteiger partial charge in [0.05, 0.1) is 0 Å². The molecule has 0 radical (unpaired) electrons. The van der Waals surface area contributed by atoms with Gasteiger partial charge in [0.2, 0.25) is 0 Å². The van der Waals surface area contributed by atoms with E-state index in [1.165, 1.54) is 37.5 Å². The molecule has 0 saturated carbocycles. The Morgan fingerprint density at radius 2 is 2.36 bits per heavy atom. The molecule has 25 heavy (non-hydrogen) atoms. The van der Waals surface area contributed by atoms with Crippen LogP contribution in [0.2, 0.25) is 0 Å². The van der Waals surface area contributed by atoms with Crippen LogP contribution in [0.25, 0.3) is 0 Å². The van der Waals surface area contributed by atoms with E-state index in [0.717, 1.165) is 17.6 Å². The molecule has 130 valence electrons. The SMILES string of the molecule is C=C(C)C(/C=C\CNC(=O)c1nc(C#N)c[nH]1)=C/CC1=CCCCC1. The van der Waals surface area contributed by atoms with Crippen molar-refractivity contribution in [1.29, 1.82) is 5.26 Å². The largest absolute Gasteiger partial charge is 0.346 e.